The Morgan fingerprint density at radius 2 is 1.85 bits per heavy atom. The molecule has 0 saturated carbocycles. The minimum Gasteiger partial charge on any atom is -0.493 e. The Bertz CT molecular complexity index is 569. The summed E-state index contributed by atoms with van der Waals surface area (Å²) in [6.45, 7) is 10.3. The zero-order chi connectivity index (χ0) is 14.8. The van der Waals surface area contributed by atoms with Gasteiger partial charge in [-0.2, -0.15) is 0 Å². The van der Waals surface area contributed by atoms with Gasteiger partial charge in [-0.05, 0) is 48.1 Å². The van der Waals surface area contributed by atoms with Crippen molar-refractivity contribution in [3.05, 3.63) is 30.5 Å². The highest BCUT2D eigenvalue weighted by Crippen LogP contribution is 2.33. The summed E-state index contributed by atoms with van der Waals surface area (Å²) in [6.07, 6.45) is 2.99. The normalized spacial score (nSPS) is 12.8. The highest BCUT2D eigenvalue weighted by atomic mass is 16.5. The third-order valence-electron chi connectivity index (χ3n) is 3.66. The molecule has 0 atom stereocenters. The van der Waals surface area contributed by atoms with Crippen molar-refractivity contribution in [1.82, 2.24) is 4.98 Å². The Kier molecular flexibility index (Phi) is 4.09. The minimum atomic E-state index is 0.107. The van der Waals surface area contributed by atoms with Crippen molar-refractivity contribution in [3.63, 3.8) is 0 Å². The maximum absolute atomic E-state index is 5.98. The molecule has 0 unspecified atom stereocenters. The number of hydrogen-bond donors (Lipinski definition) is 2. The predicted octanol–water partition coefficient (Wildman–Crippen LogP) is 3.95. The first-order valence-corrected chi connectivity index (χ1v) is 7.21. The van der Waals surface area contributed by atoms with Gasteiger partial charge in [0, 0.05) is 17.1 Å². The fourth-order valence-electron chi connectivity index (χ4n) is 2.82. The lowest BCUT2D eigenvalue weighted by Crippen LogP contribution is -2.33. The van der Waals surface area contributed by atoms with Crippen molar-refractivity contribution in [3.8, 4) is 5.75 Å². The van der Waals surface area contributed by atoms with Crippen molar-refractivity contribution in [2.24, 2.45) is 16.6 Å². The smallest absolute Gasteiger partial charge is 0.120 e. The molecule has 1 aromatic carbocycles. The van der Waals surface area contributed by atoms with E-state index in [1.165, 1.54) is 5.39 Å². The minimum absolute atomic E-state index is 0.107. The Balaban J connectivity index is 1.99. The molecule has 1 heterocycles. The molecular weight excluding hydrogens is 248 g/mol. The molecule has 0 amide bonds. The summed E-state index contributed by atoms with van der Waals surface area (Å²) in [5.74, 6) is 0.927. The SMILES string of the molecule is CC(C)(CN)CC(C)(C)COc1ccc2[nH]ccc2c1. The topological polar surface area (TPSA) is 51.0 Å². The number of benzene rings is 1. The average molecular weight is 274 g/mol. The van der Waals surface area contributed by atoms with Gasteiger partial charge in [0.05, 0.1) is 6.61 Å². The number of rotatable bonds is 6. The summed E-state index contributed by atoms with van der Waals surface area (Å²) in [5, 5.41) is 1.18. The van der Waals surface area contributed by atoms with E-state index in [2.05, 4.69) is 50.9 Å². The van der Waals surface area contributed by atoms with Gasteiger partial charge in [-0.15, -0.1) is 0 Å². The van der Waals surface area contributed by atoms with Gasteiger partial charge in [0.15, 0.2) is 0 Å². The number of hydrogen-bond acceptors (Lipinski definition) is 2. The number of nitrogens with one attached hydrogen (secondary N) is 1. The largest absolute Gasteiger partial charge is 0.493 e. The van der Waals surface area contributed by atoms with Gasteiger partial charge < -0.3 is 15.5 Å². The van der Waals surface area contributed by atoms with Crippen LogP contribution in [0.1, 0.15) is 34.1 Å². The van der Waals surface area contributed by atoms with E-state index in [-0.39, 0.29) is 10.8 Å². The van der Waals surface area contributed by atoms with E-state index in [0.29, 0.717) is 13.2 Å². The van der Waals surface area contributed by atoms with Crippen LogP contribution in [-0.2, 0) is 0 Å². The van der Waals surface area contributed by atoms with E-state index >= 15 is 0 Å². The second kappa shape index (κ2) is 5.49. The molecule has 2 aromatic rings. The zero-order valence-corrected chi connectivity index (χ0v) is 13.0. The van der Waals surface area contributed by atoms with Crippen molar-refractivity contribution in [2.75, 3.05) is 13.2 Å². The Hall–Kier alpha value is -1.48. The molecule has 0 bridgehead atoms. The van der Waals surface area contributed by atoms with Crippen molar-refractivity contribution < 1.29 is 4.74 Å². The quantitative estimate of drug-likeness (QED) is 0.838. The van der Waals surface area contributed by atoms with Crippen molar-refractivity contribution in [1.29, 1.82) is 0 Å². The lowest BCUT2D eigenvalue weighted by Gasteiger charge is -2.33. The standard InChI is InChI=1S/C17H26N2O/c1-16(2,11-18)10-17(3,4)12-20-14-5-6-15-13(9-14)7-8-19-15/h5-9,19H,10-12,18H2,1-4H3. The first kappa shape index (κ1) is 14.9. The second-order valence-electron chi connectivity index (χ2n) is 7.22. The fourth-order valence-corrected chi connectivity index (χ4v) is 2.82. The highest BCUT2D eigenvalue weighted by Gasteiger charge is 2.28. The molecule has 3 heteroatoms. The lowest BCUT2D eigenvalue weighted by molar-refractivity contribution is 0.120. The van der Waals surface area contributed by atoms with Crippen LogP contribution in [0.2, 0.25) is 0 Å². The van der Waals surface area contributed by atoms with Crippen molar-refractivity contribution >= 4 is 10.9 Å². The van der Waals surface area contributed by atoms with Gasteiger partial charge in [0.25, 0.3) is 0 Å². The molecule has 3 nitrogen and oxygen atoms in total. The average Bonchev–Trinajstić information content (AvgIpc) is 2.82. The van der Waals surface area contributed by atoms with E-state index in [1.54, 1.807) is 0 Å². The molecule has 0 aliphatic rings. The van der Waals surface area contributed by atoms with E-state index in [1.807, 2.05) is 12.3 Å². The van der Waals surface area contributed by atoms with Gasteiger partial charge in [-0.1, -0.05) is 27.7 Å². The van der Waals surface area contributed by atoms with E-state index in [9.17, 15) is 0 Å². The summed E-state index contributed by atoms with van der Waals surface area (Å²) in [5.41, 5.74) is 7.22. The van der Waals surface area contributed by atoms with Gasteiger partial charge in [0.1, 0.15) is 5.75 Å². The van der Waals surface area contributed by atoms with Gasteiger partial charge in [0.2, 0.25) is 0 Å². The van der Waals surface area contributed by atoms with Crippen LogP contribution in [0.25, 0.3) is 10.9 Å². The summed E-state index contributed by atoms with van der Waals surface area (Å²) in [4.78, 5) is 3.19. The van der Waals surface area contributed by atoms with E-state index in [0.717, 1.165) is 17.7 Å². The number of nitrogens with two attached hydrogens (primary N) is 1. The van der Waals surface area contributed by atoms with Crippen LogP contribution in [0.15, 0.2) is 30.5 Å². The number of fused-ring (bicyclic) bond motifs is 1. The third kappa shape index (κ3) is 3.76. The zero-order valence-electron chi connectivity index (χ0n) is 13.0. The maximum Gasteiger partial charge on any atom is 0.120 e. The molecule has 0 spiro atoms. The first-order chi connectivity index (χ1) is 9.31. The molecule has 0 fully saturated rings. The molecule has 20 heavy (non-hydrogen) atoms. The number of H-pyrrole nitrogens is 1. The lowest BCUT2D eigenvalue weighted by atomic mass is 9.75. The molecule has 0 aliphatic carbocycles. The Morgan fingerprint density at radius 3 is 2.55 bits per heavy atom. The third-order valence-corrected chi connectivity index (χ3v) is 3.66. The molecule has 0 saturated heterocycles. The molecular formula is C17H26N2O. The Morgan fingerprint density at radius 1 is 1.10 bits per heavy atom. The molecule has 0 radical (unpaired) electrons. The van der Waals surface area contributed by atoms with Crippen LogP contribution in [0.5, 0.6) is 5.75 Å². The van der Waals surface area contributed by atoms with Gasteiger partial charge in [-0.25, -0.2) is 0 Å². The fraction of sp³-hybridized carbons (Fsp3) is 0.529. The van der Waals surface area contributed by atoms with Gasteiger partial charge >= 0.3 is 0 Å². The number of aromatic amines is 1. The molecule has 110 valence electrons. The molecule has 1 aromatic heterocycles. The Labute approximate surface area is 121 Å². The van der Waals surface area contributed by atoms with Crippen LogP contribution in [0, 0.1) is 10.8 Å². The van der Waals surface area contributed by atoms with Crippen LogP contribution in [0.3, 0.4) is 0 Å². The van der Waals surface area contributed by atoms with E-state index < -0.39 is 0 Å². The second-order valence-corrected chi connectivity index (χ2v) is 7.22. The summed E-state index contributed by atoms with van der Waals surface area (Å²) in [6, 6.07) is 8.21. The summed E-state index contributed by atoms with van der Waals surface area (Å²) >= 11 is 0. The maximum atomic E-state index is 5.98. The molecule has 0 aliphatic heterocycles. The van der Waals surface area contributed by atoms with Gasteiger partial charge in [-0.3, -0.25) is 0 Å². The van der Waals surface area contributed by atoms with Crippen LogP contribution >= 0.6 is 0 Å². The van der Waals surface area contributed by atoms with Crippen LogP contribution in [-0.4, -0.2) is 18.1 Å². The van der Waals surface area contributed by atoms with Crippen LogP contribution in [0.4, 0.5) is 0 Å². The summed E-state index contributed by atoms with van der Waals surface area (Å²) in [7, 11) is 0. The number of ether oxygens (including phenoxy) is 1. The highest BCUT2D eigenvalue weighted by molar-refractivity contribution is 5.80. The molecule has 3 N–H and O–H groups in total. The summed E-state index contributed by atoms with van der Waals surface area (Å²) < 4.78 is 5.98. The molecule has 2 rings (SSSR count). The van der Waals surface area contributed by atoms with E-state index in [4.69, 9.17) is 10.5 Å². The monoisotopic (exact) mass is 274 g/mol. The number of aromatic nitrogens is 1. The predicted molar refractivity (Wildman–Crippen MR) is 85.0 cm³/mol. The first-order valence-electron chi connectivity index (χ1n) is 7.21. The van der Waals surface area contributed by atoms with Crippen LogP contribution < -0.4 is 10.5 Å². The van der Waals surface area contributed by atoms with Crippen molar-refractivity contribution in [2.45, 2.75) is 34.1 Å².